The van der Waals surface area contributed by atoms with Gasteiger partial charge in [-0.05, 0) is 48.6 Å². The molecule has 18 heavy (non-hydrogen) atoms. The summed E-state index contributed by atoms with van der Waals surface area (Å²) in [5.74, 6) is -0.939. The largest absolute Gasteiger partial charge is 0.486 e. The Bertz CT molecular complexity index is 486. The molecule has 0 aliphatic carbocycles. The molecule has 0 fully saturated rings. The first kappa shape index (κ1) is 14.7. The second kappa shape index (κ2) is 5.51. The normalized spacial score (nSPS) is 11.1. The smallest absolute Gasteiger partial charge is 0.312 e. The van der Waals surface area contributed by atoms with Crippen LogP contribution in [-0.4, -0.2) is 22.6 Å². The molecule has 0 atom stereocenters. The van der Waals surface area contributed by atoms with Gasteiger partial charge in [0.15, 0.2) is 5.75 Å². The fourth-order valence-corrected chi connectivity index (χ4v) is 1.55. The summed E-state index contributed by atoms with van der Waals surface area (Å²) in [6, 6.07) is 4.51. The average molecular weight is 365 g/mol. The van der Waals surface area contributed by atoms with E-state index in [2.05, 4.69) is 0 Å². The molecule has 7 heteroatoms. The molecule has 0 bridgehead atoms. The minimum Gasteiger partial charge on any atom is -0.486 e. The third-order valence-electron chi connectivity index (χ3n) is 2.29. The predicted octanol–water partition coefficient (Wildman–Crippen LogP) is 2.69. The van der Waals surface area contributed by atoms with Crippen LogP contribution >= 0.6 is 22.6 Å². The lowest BCUT2D eigenvalue weighted by Crippen LogP contribution is -2.30. The summed E-state index contributed by atoms with van der Waals surface area (Å²) in [4.78, 5) is 21.2. The first-order chi connectivity index (χ1) is 8.24. The maximum atomic E-state index is 10.9. The number of nitro groups is 1. The lowest BCUT2D eigenvalue weighted by Gasteiger charge is -2.19. The number of aliphatic carboxylic acids is 1. The Morgan fingerprint density at radius 2 is 2.17 bits per heavy atom. The minimum absolute atomic E-state index is 0.0785. The van der Waals surface area contributed by atoms with E-state index < -0.39 is 16.3 Å². The van der Waals surface area contributed by atoms with Gasteiger partial charge in [-0.2, -0.15) is 0 Å². The fraction of sp³-hybridized carbons (Fsp3) is 0.364. The Kier molecular flexibility index (Phi) is 4.49. The van der Waals surface area contributed by atoms with Crippen molar-refractivity contribution in [3.05, 3.63) is 31.9 Å². The highest BCUT2D eigenvalue weighted by atomic mass is 127. The van der Waals surface area contributed by atoms with E-state index in [-0.39, 0.29) is 18.0 Å². The van der Waals surface area contributed by atoms with Crippen LogP contribution in [0.15, 0.2) is 18.2 Å². The molecule has 6 nitrogen and oxygen atoms in total. The molecule has 1 aromatic carbocycles. The predicted molar refractivity (Wildman–Crippen MR) is 72.7 cm³/mol. The molecule has 0 aliphatic rings. The van der Waals surface area contributed by atoms with Crippen molar-refractivity contribution in [3.63, 3.8) is 0 Å². The molecule has 0 saturated carbocycles. The van der Waals surface area contributed by atoms with Gasteiger partial charge in [0.1, 0.15) is 6.61 Å². The molecule has 0 amide bonds. The van der Waals surface area contributed by atoms with Crippen LogP contribution in [0.4, 0.5) is 5.69 Å². The van der Waals surface area contributed by atoms with Crippen molar-refractivity contribution in [1.29, 1.82) is 0 Å². The van der Waals surface area contributed by atoms with Gasteiger partial charge in [0.25, 0.3) is 0 Å². The first-order valence-electron chi connectivity index (χ1n) is 5.04. The van der Waals surface area contributed by atoms with Crippen LogP contribution in [0.25, 0.3) is 0 Å². The highest BCUT2D eigenvalue weighted by molar-refractivity contribution is 14.1. The van der Waals surface area contributed by atoms with Crippen LogP contribution in [0.2, 0.25) is 0 Å². The van der Waals surface area contributed by atoms with E-state index in [0.717, 1.165) is 0 Å². The third kappa shape index (κ3) is 3.56. The van der Waals surface area contributed by atoms with Crippen LogP contribution in [-0.2, 0) is 4.79 Å². The summed E-state index contributed by atoms with van der Waals surface area (Å²) in [7, 11) is 0. The zero-order valence-corrected chi connectivity index (χ0v) is 12.0. The molecular formula is C11H12INO5. The van der Waals surface area contributed by atoms with E-state index in [1.165, 1.54) is 26.0 Å². The lowest BCUT2D eigenvalue weighted by molar-refractivity contribution is -0.386. The Balaban J connectivity index is 2.92. The summed E-state index contributed by atoms with van der Waals surface area (Å²) in [6.07, 6.45) is 0. The number of rotatable bonds is 5. The van der Waals surface area contributed by atoms with Gasteiger partial charge in [0.05, 0.1) is 10.3 Å². The molecule has 1 N–H and O–H groups in total. The maximum absolute atomic E-state index is 10.9. The van der Waals surface area contributed by atoms with E-state index in [1.54, 1.807) is 6.07 Å². The van der Waals surface area contributed by atoms with Crippen LogP contribution in [0.5, 0.6) is 5.75 Å². The number of carboxylic acids is 1. The number of halogens is 1. The number of nitrogens with zero attached hydrogens (tertiary/aromatic N) is 1. The maximum Gasteiger partial charge on any atom is 0.312 e. The summed E-state index contributed by atoms with van der Waals surface area (Å²) in [5, 5.41) is 19.8. The van der Waals surface area contributed by atoms with Gasteiger partial charge in [0, 0.05) is 9.64 Å². The van der Waals surface area contributed by atoms with Crippen molar-refractivity contribution >= 4 is 34.2 Å². The topological polar surface area (TPSA) is 89.7 Å². The number of ether oxygens (including phenoxy) is 1. The van der Waals surface area contributed by atoms with Crippen molar-refractivity contribution in [3.8, 4) is 5.75 Å². The molecular weight excluding hydrogens is 353 g/mol. The Morgan fingerprint density at radius 1 is 1.56 bits per heavy atom. The monoisotopic (exact) mass is 365 g/mol. The number of hydrogen-bond donors (Lipinski definition) is 1. The standard InChI is InChI=1S/C11H12INO5/c1-11(2,10(14)15)6-18-9-4-3-7(12)5-8(9)13(16)17/h3-5H,6H2,1-2H3,(H,14,15). The molecule has 0 aliphatic heterocycles. The summed E-state index contributed by atoms with van der Waals surface area (Å²) in [5.41, 5.74) is -1.26. The van der Waals surface area contributed by atoms with Gasteiger partial charge < -0.3 is 9.84 Å². The van der Waals surface area contributed by atoms with Crippen molar-refractivity contribution in [2.75, 3.05) is 6.61 Å². The number of nitro benzene ring substituents is 1. The van der Waals surface area contributed by atoms with E-state index in [4.69, 9.17) is 9.84 Å². The lowest BCUT2D eigenvalue weighted by atomic mass is 9.95. The molecule has 0 unspecified atom stereocenters. The van der Waals surface area contributed by atoms with Crippen LogP contribution in [0, 0.1) is 19.1 Å². The van der Waals surface area contributed by atoms with Gasteiger partial charge in [-0.1, -0.05) is 0 Å². The van der Waals surface area contributed by atoms with Crippen molar-refractivity contribution < 1.29 is 19.6 Å². The molecule has 1 rings (SSSR count). The van der Waals surface area contributed by atoms with Gasteiger partial charge in [-0.3, -0.25) is 14.9 Å². The first-order valence-corrected chi connectivity index (χ1v) is 6.12. The zero-order chi connectivity index (χ0) is 13.9. The van der Waals surface area contributed by atoms with Gasteiger partial charge >= 0.3 is 11.7 Å². The molecule has 0 spiro atoms. The minimum atomic E-state index is -1.10. The molecule has 0 heterocycles. The highest BCUT2D eigenvalue weighted by Gasteiger charge is 2.29. The molecule has 0 saturated heterocycles. The van der Waals surface area contributed by atoms with Crippen molar-refractivity contribution in [1.82, 2.24) is 0 Å². The van der Waals surface area contributed by atoms with Crippen LogP contribution in [0.3, 0.4) is 0 Å². The van der Waals surface area contributed by atoms with Gasteiger partial charge in [-0.25, -0.2) is 0 Å². The number of hydrogen-bond acceptors (Lipinski definition) is 4. The van der Waals surface area contributed by atoms with E-state index in [1.807, 2.05) is 22.6 Å². The average Bonchev–Trinajstić information content (AvgIpc) is 2.27. The SMILES string of the molecule is CC(C)(COc1ccc(I)cc1[N+](=O)[O-])C(=O)O. The van der Waals surface area contributed by atoms with Crippen molar-refractivity contribution in [2.45, 2.75) is 13.8 Å². The quantitative estimate of drug-likeness (QED) is 0.492. The highest BCUT2D eigenvalue weighted by Crippen LogP contribution is 2.30. The number of carbonyl (C=O) groups is 1. The van der Waals surface area contributed by atoms with Crippen LogP contribution < -0.4 is 4.74 Å². The van der Waals surface area contributed by atoms with E-state index in [0.29, 0.717) is 3.57 Å². The summed E-state index contributed by atoms with van der Waals surface area (Å²) in [6.45, 7) is 2.85. The van der Waals surface area contributed by atoms with Gasteiger partial charge in [0.2, 0.25) is 0 Å². The second-order valence-electron chi connectivity index (χ2n) is 4.35. The van der Waals surface area contributed by atoms with Crippen molar-refractivity contribution in [2.24, 2.45) is 5.41 Å². The van der Waals surface area contributed by atoms with Crippen LogP contribution in [0.1, 0.15) is 13.8 Å². The molecule has 1 aromatic rings. The zero-order valence-electron chi connectivity index (χ0n) is 9.84. The third-order valence-corrected chi connectivity index (χ3v) is 2.96. The Morgan fingerprint density at radius 3 is 2.67 bits per heavy atom. The molecule has 98 valence electrons. The fourth-order valence-electron chi connectivity index (χ4n) is 1.08. The number of carboxylic acid groups (broad SMARTS) is 1. The molecule has 0 radical (unpaired) electrons. The molecule has 0 aromatic heterocycles. The second-order valence-corrected chi connectivity index (χ2v) is 5.59. The van der Waals surface area contributed by atoms with E-state index >= 15 is 0 Å². The Hall–Kier alpha value is -1.38. The summed E-state index contributed by atoms with van der Waals surface area (Å²) >= 11 is 1.96. The van der Waals surface area contributed by atoms with Gasteiger partial charge in [-0.15, -0.1) is 0 Å². The number of benzene rings is 1. The summed E-state index contributed by atoms with van der Waals surface area (Å²) < 4.78 is 5.97. The van der Waals surface area contributed by atoms with E-state index in [9.17, 15) is 14.9 Å². The Labute approximate surface area is 117 Å².